The van der Waals surface area contributed by atoms with Crippen molar-refractivity contribution in [2.75, 3.05) is 30.9 Å². The normalized spacial score (nSPS) is 10.8. The molecule has 0 amide bonds. The molecule has 0 spiro atoms. The van der Waals surface area contributed by atoms with Crippen LogP contribution in [0.5, 0.6) is 0 Å². The van der Waals surface area contributed by atoms with Gasteiger partial charge in [0.2, 0.25) is 0 Å². The van der Waals surface area contributed by atoms with Gasteiger partial charge in [0.15, 0.2) is 5.65 Å². The summed E-state index contributed by atoms with van der Waals surface area (Å²) in [5.74, 6) is 0.750. The van der Waals surface area contributed by atoms with Crippen molar-refractivity contribution in [3.8, 4) is 22.4 Å². The molecule has 4 rings (SSSR count). The van der Waals surface area contributed by atoms with E-state index in [1.165, 1.54) is 0 Å². The molecule has 0 aliphatic carbocycles. The number of hydrogen-bond acceptors (Lipinski definition) is 5. The van der Waals surface area contributed by atoms with Gasteiger partial charge in [0, 0.05) is 36.4 Å². The fourth-order valence-corrected chi connectivity index (χ4v) is 3.57. The second-order valence-electron chi connectivity index (χ2n) is 7.09. The third kappa shape index (κ3) is 4.04. The molecule has 0 aliphatic heterocycles. The number of anilines is 2. The quantitative estimate of drug-likeness (QED) is 0.370. The SMILES string of the molecule is C=CCNc1ncnc2nc(-c3ccc(N(C)C)cc3)cc(-c3ccc(Br)cc3)c12. The van der Waals surface area contributed by atoms with Crippen LogP contribution in [-0.2, 0) is 0 Å². The molecule has 2 aromatic carbocycles. The molecule has 0 aliphatic rings. The Balaban J connectivity index is 1.93. The van der Waals surface area contributed by atoms with Crippen molar-refractivity contribution in [2.24, 2.45) is 0 Å². The zero-order valence-corrected chi connectivity index (χ0v) is 18.5. The number of benzene rings is 2. The van der Waals surface area contributed by atoms with E-state index in [4.69, 9.17) is 4.98 Å². The molecular formula is C24H22BrN5. The van der Waals surface area contributed by atoms with E-state index in [0.29, 0.717) is 12.2 Å². The topological polar surface area (TPSA) is 53.9 Å². The van der Waals surface area contributed by atoms with E-state index in [1.807, 2.05) is 26.2 Å². The van der Waals surface area contributed by atoms with Crippen molar-refractivity contribution in [2.45, 2.75) is 0 Å². The molecule has 1 N–H and O–H groups in total. The Bertz CT molecular complexity index is 1180. The Hall–Kier alpha value is -3.25. The van der Waals surface area contributed by atoms with Crippen LogP contribution in [0, 0.1) is 0 Å². The molecule has 0 saturated carbocycles. The van der Waals surface area contributed by atoms with Gasteiger partial charge in [-0.3, -0.25) is 0 Å². The first kappa shape index (κ1) is 20.0. The number of aromatic nitrogens is 3. The summed E-state index contributed by atoms with van der Waals surface area (Å²) in [6, 6.07) is 18.7. The van der Waals surface area contributed by atoms with Crippen molar-refractivity contribution in [1.29, 1.82) is 0 Å². The van der Waals surface area contributed by atoms with Crippen molar-refractivity contribution >= 4 is 38.5 Å². The predicted octanol–water partition coefficient (Wildman–Crippen LogP) is 5.79. The molecule has 0 radical (unpaired) electrons. The highest BCUT2D eigenvalue weighted by Gasteiger charge is 2.15. The van der Waals surface area contributed by atoms with E-state index in [1.54, 1.807) is 12.4 Å². The first-order valence-corrected chi connectivity index (χ1v) is 10.4. The Kier molecular flexibility index (Phi) is 5.77. The van der Waals surface area contributed by atoms with Crippen LogP contribution in [0.15, 0.2) is 78.1 Å². The van der Waals surface area contributed by atoms with Gasteiger partial charge in [-0.15, -0.1) is 6.58 Å². The second kappa shape index (κ2) is 8.63. The van der Waals surface area contributed by atoms with Gasteiger partial charge in [-0.05, 0) is 41.5 Å². The fourth-order valence-electron chi connectivity index (χ4n) is 3.30. The van der Waals surface area contributed by atoms with Crippen molar-refractivity contribution in [1.82, 2.24) is 15.0 Å². The number of nitrogens with zero attached hydrogens (tertiary/aromatic N) is 4. The fraction of sp³-hybridized carbons (Fsp3) is 0.125. The summed E-state index contributed by atoms with van der Waals surface area (Å²) >= 11 is 3.52. The van der Waals surface area contributed by atoms with Crippen LogP contribution in [-0.4, -0.2) is 35.6 Å². The van der Waals surface area contributed by atoms with E-state index in [9.17, 15) is 0 Å². The number of fused-ring (bicyclic) bond motifs is 1. The monoisotopic (exact) mass is 459 g/mol. The molecule has 4 aromatic rings. The number of rotatable bonds is 6. The lowest BCUT2D eigenvalue weighted by Crippen LogP contribution is -2.08. The van der Waals surface area contributed by atoms with Gasteiger partial charge >= 0.3 is 0 Å². The summed E-state index contributed by atoms with van der Waals surface area (Å²) < 4.78 is 1.03. The largest absolute Gasteiger partial charge is 0.378 e. The third-order valence-corrected chi connectivity index (χ3v) is 5.38. The minimum Gasteiger partial charge on any atom is -0.378 e. The minimum atomic E-state index is 0.611. The van der Waals surface area contributed by atoms with Gasteiger partial charge in [-0.2, -0.15) is 0 Å². The maximum atomic E-state index is 4.85. The first-order chi connectivity index (χ1) is 14.6. The summed E-state index contributed by atoms with van der Waals surface area (Å²) in [4.78, 5) is 15.9. The smallest absolute Gasteiger partial charge is 0.165 e. The van der Waals surface area contributed by atoms with E-state index in [2.05, 4.69) is 85.2 Å². The van der Waals surface area contributed by atoms with E-state index < -0.39 is 0 Å². The molecule has 0 saturated heterocycles. The summed E-state index contributed by atoms with van der Waals surface area (Å²) in [6.45, 7) is 4.40. The van der Waals surface area contributed by atoms with E-state index in [0.717, 1.165) is 43.7 Å². The highest BCUT2D eigenvalue weighted by molar-refractivity contribution is 9.10. The van der Waals surface area contributed by atoms with Crippen molar-refractivity contribution in [3.63, 3.8) is 0 Å². The summed E-state index contributed by atoms with van der Waals surface area (Å²) in [7, 11) is 4.06. The molecule has 150 valence electrons. The van der Waals surface area contributed by atoms with Crippen LogP contribution in [0.1, 0.15) is 0 Å². The van der Waals surface area contributed by atoms with Crippen LogP contribution in [0.25, 0.3) is 33.4 Å². The average molecular weight is 460 g/mol. The van der Waals surface area contributed by atoms with Crippen LogP contribution in [0.3, 0.4) is 0 Å². The highest BCUT2D eigenvalue weighted by Crippen LogP contribution is 2.35. The maximum absolute atomic E-state index is 4.85. The van der Waals surface area contributed by atoms with Gasteiger partial charge in [-0.1, -0.05) is 46.3 Å². The van der Waals surface area contributed by atoms with Gasteiger partial charge in [0.1, 0.15) is 12.1 Å². The van der Waals surface area contributed by atoms with Crippen LogP contribution < -0.4 is 10.2 Å². The highest BCUT2D eigenvalue weighted by atomic mass is 79.9. The second-order valence-corrected chi connectivity index (χ2v) is 8.01. The molecular weight excluding hydrogens is 438 g/mol. The van der Waals surface area contributed by atoms with Gasteiger partial charge in [0.05, 0.1) is 11.1 Å². The molecule has 0 fully saturated rings. The minimum absolute atomic E-state index is 0.611. The van der Waals surface area contributed by atoms with Crippen molar-refractivity contribution < 1.29 is 0 Å². The molecule has 2 aromatic heterocycles. The first-order valence-electron chi connectivity index (χ1n) is 9.61. The summed E-state index contributed by atoms with van der Waals surface area (Å²) in [5, 5.41) is 4.21. The number of pyridine rings is 1. The predicted molar refractivity (Wildman–Crippen MR) is 129 cm³/mol. The zero-order chi connectivity index (χ0) is 21.1. The van der Waals surface area contributed by atoms with Crippen LogP contribution in [0.2, 0.25) is 0 Å². The number of hydrogen-bond donors (Lipinski definition) is 1. The number of nitrogens with one attached hydrogen (secondary N) is 1. The molecule has 5 nitrogen and oxygen atoms in total. The molecule has 0 atom stereocenters. The maximum Gasteiger partial charge on any atom is 0.165 e. The molecule has 6 heteroatoms. The number of halogens is 1. The van der Waals surface area contributed by atoms with Gasteiger partial charge in [0.25, 0.3) is 0 Å². The lowest BCUT2D eigenvalue weighted by atomic mass is 9.99. The Morgan fingerprint density at radius 3 is 2.37 bits per heavy atom. The molecule has 2 heterocycles. The molecule has 0 bridgehead atoms. The zero-order valence-electron chi connectivity index (χ0n) is 16.9. The average Bonchev–Trinajstić information content (AvgIpc) is 2.77. The van der Waals surface area contributed by atoms with Crippen LogP contribution >= 0.6 is 15.9 Å². The lowest BCUT2D eigenvalue weighted by molar-refractivity contribution is 1.13. The molecule has 0 unspecified atom stereocenters. The Morgan fingerprint density at radius 2 is 1.70 bits per heavy atom. The lowest BCUT2D eigenvalue weighted by Gasteiger charge is -2.15. The van der Waals surface area contributed by atoms with E-state index >= 15 is 0 Å². The summed E-state index contributed by atoms with van der Waals surface area (Å²) in [5.41, 5.74) is 5.83. The molecule has 30 heavy (non-hydrogen) atoms. The third-order valence-electron chi connectivity index (χ3n) is 4.85. The Labute approximate surface area is 184 Å². The van der Waals surface area contributed by atoms with Crippen LogP contribution in [0.4, 0.5) is 11.5 Å². The van der Waals surface area contributed by atoms with Crippen molar-refractivity contribution in [3.05, 3.63) is 78.1 Å². The van der Waals surface area contributed by atoms with Gasteiger partial charge < -0.3 is 10.2 Å². The van der Waals surface area contributed by atoms with E-state index in [-0.39, 0.29) is 0 Å². The summed E-state index contributed by atoms with van der Waals surface area (Å²) in [6.07, 6.45) is 3.35. The Morgan fingerprint density at radius 1 is 1.00 bits per heavy atom. The van der Waals surface area contributed by atoms with Gasteiger partial charge in [-0.25, -0.2) is 15.0 Å². The standard InChI is InChI=1S/C24H22BrN5/c1-4-13-26-23-22-20(16-5-9-18(25)10-6-16)14-21(29-24(22)28-15-27-23)17-7-11-19(12-8-17)30(2)3/h4-12,14-15H,1,13H2,2-3H3,(H,26,27,28,29).